The summed E-state index contributed by atoms with van der Waals surface area (Å²) in [5.74, 6) is 0.671. The van der Waals surface area contributed by atoms with Crippen LogP contribution in [0.4, 0.5) is 5.69 Å². The second-order valence-corrected chi connectivity index (χ2v) is 5.90. The number of carbonyl (C=O) groups excluding carboxylic acids is 1. The molecule has 0 aliphatic carbocycles. The Hall–Kier alpha value is -2.46. The van der Waals surface area contributed by atoms with E-state index in [9.17, 15) is 4.79 Å². The van der Waals surface area contributed by atoms with Crippen LogP contribution in [0.5, 0.6) is 5.75 Å². The highest BCUT2D eigenvalue weighted by molar-refractivity contribution is 6.31. The monoisotopic (exact) mass is 344 g/mol. The van der Waals surface area contributed by atoms with Crippen LogP contribution in [-0.4, -0.2) is 19.1 Å². The fourth-order valence-electron chi connectivity index (χ4n) is 1.96. The molecule has 0 aliphatic heterocycles. The Balaban J connectivity index is 1.75. The van der Waals surface area contributed by atoms with Gasteiger partial charge in [0.2, 0.25) is 5.91 Å². The summed E-state index contributed by atoms with van der Waals surface area (Å²) >= 11 is 6.06. The SMILES string of the molecule is C=C(C)COc1ccc(NCC(=O)NCc2ccccc2Cl)cc1. The number of benzene rings is 2. The second-order valence-electron chi connectivity index (χ2n) is 5.49. The zero-order valence-electron chi connectivity index (χ0n) is 13.6. The van der Waals surface area contributed by atoms with E-state index in [0.29, 0.717) is 18.2 Å². The van der Waals surface area contributed by atoms with Crippen LogP contribution in [0.25, 0.3) is 0 Å². The normalized spacial score (nSPS) is 10.1. The Morgan fingerprint density at radius 2 is 1.88 bits per heavy atom. The molecule has 24 heavy (non-hydrogen) atoms. The summed E-state index contributed by atoms with van der Waals surface area (Å²) in [6, 6.07) is 14.9. The van der Waals surface area contributed by atoms with Gasteiger partial charge in [-0.3, -0.25) is 4.79 Å². The first kappa shape index (κ1) is 17.9. The van der Waals surface area contributed by atoms with E-state index >= 15 is 0 Å². The summed E-state index contributed by atoms with van der Waals surface area (Å²) in [5.41, 5.74) is 2.71. The number of rotatable bonds is 8. The highest BCUT2D eigenvalue weighted by Crippen LogP contribution is 2.16. The minimum Gasteiger partial charge on any atom is -0.489 e. The summed E-state index contributed by atoms with van der Waals surface area (Å²) in [4.78, 5) is 11.9. The Bertz CT molecular complexity index is 699. The van der Waals surface area contributed by atoms with Gasteiger partial charge in [0.05, 0.1) is 6.54 Å². The molecule has 2 aromatic rings. The summed E-state index contributed by atoms with van der Waals surface area (Å²) in [6.07, 6.45) is 0. The molecular weight excluding hydrogens is 324 g/mol. The zero-order valence-corrected chi connectivity index (χ0v) is 14.4. The molecule has 0 heterocycles. The minimum atomic E-state index is -0.0995. The quantitative estimate of drug-likeness (QED) is 0.711. The molecule has 1 amide bonds. The molecule has 2 N–H and O–H groups in total. The van der Waals surface area contributed by atoms with E-state index in [4.69, 9.17) is 16.3 Å². The number of amides is 1. The third kappa shape index (κ3) is 5.97. The number of halogens is 1. The maximum Gasteiger partial charge on any atom is 0.239 e. The first-order valence-electron chi connectivity index (χ1n) is 7.66. The van der Waals surface area contributed by atoms with E-state index in [0.717, 1.165) is 22.6 Å². The standard InChI is InChI=1S/C19H21ClN2O2/c1-14(2)13-24-17-9-7-16(8-10-17)21-12-19(23)22-11-15-5-3-4-6-18(15)20/h3-10,21H,1,11-13H2,2H3,(H,22,23). The van der Waals surface area contributed by atoms with E-state index in [1.54, 1.807) is 6.07 Å². The van der Waals surface area contributed by atoms with Gasteiger partial charge in [0.1, 0.15) is 12.4 Å². The van der Waals surface area contributed by atoms with E-state index in [1.165, 1.54) is 0 Å². The Labute approximate surface area is 147 Å². The lowest BCUT2D eigenvalue weighted by Crippen LogP contribution is -2.29. The van der Waals surface area contributed by atoms with Crippen LogP contribution in [-0.2, 0) is 11.3 Å². The number of anilines is 1. The van der Waals surface area contributed by atoms with Crippen LogP contribution in [0.15, 0.2) is 60.7 Å². The maximum atomic E-state index is 11.9. The van der Waals surface area contributed by atoms with Crippen molar-refractivity contribution < 1.29 is 9.53 Å². The predicted molar refractivity (Wildman–Crippen MR) is 98.5 cm³/mol. The van der Waals surface area contributed by atoms with Crippen molar-refractivity contribution >= 4 is 23.2 Å². The van der Waals surface area contributed by atoms with Gasteiger partial charge in [-0.2, -0.15) is 0 Å². The fourth-order valence-corrected chi connectivity index (χ4v) is 2.16. The van der Waals surface area contributed by atoms with Crippen molar-refractivity contribution in [2.45, 2.75) is 13.5 Å². The fraction of sp³-hybridized carbons (Fsp3) is 0.211. The smallest absolute Gasteiger partial charge is 0.239 e. The van der Waals surface area contributed by atoms with Gasteiger partial charge in [-0.1, -0.05) is 36.4 Å². The highest BCUT2D eigenvalue weighted by Gasteiger charge is 2.04. The van der Waals surface area contributed by atoms with Gasteiger partial charge >= 0.3 is 0 Å². The van der Waals surface area contributed by atoms with Gasteiger partial charge < -0.3 is 15.4 Å². The van der Waals surface area contributed by atoms with Gasteiger partial charge in [0.25, 0.3) is 0 Å². The molecule has 0 fully saturated rings. The minimum absolute atomic E-state index is 0.0995. The van der Waals surface area contributed by atoms with Crippen molar-refractivity contribution in [2.75, 3.05) is 18.5 Å². The number of hydrogen-bond acceptors (Lipinski definition) is 3. The lowest BCUT2D eigenvalue weighted by atomic mass is 10.2. The first-order valence-corrected chi connectivity index (χ1v) is 8.03. The number of hydrogen-bond donors (Lipinski definition) is 2. The van der Waals surface area contributed by atoms with E-state index in [-0.39, 0.29) is 12.5 Å². The number of nitrogens with one attached hydrogen (secondary N) is 2. The topological polar surface area (TPSA) is 50.4 Å². The molecule has 0 bridgehead atoms. The average molecular weight is 345 g/mol. The Morgan fingerprint density at radius 3 is 2.54 bits per heavy atom. The molecule has 0 radical (unpaired) electrons. The summed E-state index contributed by atoms with van der Waals surface area (Å²) in [6.45, 7) is 6.80. The Morgan fingerprint density at radius 1 is 1.17 bits per heavy atom. The average Bonchev–Trinajstić information content (AvgIpc) is 2.58. The summed E-state index contributed by atoms with van der Waals surface area (Å²) < 4.78 is 5.53. The highest BCUT2D eigenvalue weighted by atomic mass is 35.5. The van der Waals surface area contributed by atoms with Crippen LogP contribution in [0, 0.1) is 0 Å². The molecule has 2 rings (SSSR count). The molecule has 126 valence electrons. The van der Waals surface area contributed by atoms with Crippen molar-refractivity contribution in [3.05, 3.63) is 71.3 Å². The lowest BCUT2D eigenvalue weighted by Gasteiger charge is -2.10. The van der Waals surface area contributed by atoms with Crippen LogP contribution in [0.3, 0.4) is 0 Å². The van der Waals surface area contributed by atoms with Crippen LogP contribution >= 0.6 is 11.6 Å². The third-order valence-electron chi connectivity index (χ3n) is 3.23. The van der Waals surface area contributed by atoms with Crippen molar-refractivity contribution in [2.24, 2.45) is 0 Å². The van der Waals surface area contributed by atoms with Crippen LogP contribution < -0.4 is 15.4 Å². The molecule has 0 aliphatic rings. The molecule has 0 aromatic heterocycles. The van der Waals surface area contributed by atoms with Crippen LogP contribution in [0.2, 0.25) is 5.02 Å². The number of ether oxygens (including phenoxy) is 1. The van der Waals surface area contributed by atoms with Gasteiger partial charge in [0, 0.05) is 17.3 Å². The van der Waals surface area contributed by atoms with Crippen molar-refractivity contribution in [3.8, 4) is 5.75 Å². The molecule has 5 heteroatoms. The molecular formula is C19H21ClN2O2. The largest absolute Gasteiger partial charge is 0.489 e. The predicted octanol–water partition coefficient (Wildman–Crippen LogP) is 4.02. The molecule has 0 unspecified atom stereocenters. The van der Waals surface area contributed by atoms with E-state index in [2.05, 4.69) is 17.2 Å². The molecule has 4 nitrogen and oxygen atoms in total. The molecule has 0 saturated heterocycles. The molecule has 0 spiro atoms. The van der Waals surface area contributed by atoms with Crippen LogP contribution in [0.1, 0.15) is 12.5 Å². The molecule has 0 saturated carbocycles. The van der Waals surface area contributed by atoms with Gasteiger partial charge in [-0.15, -0.1) is 0 Å². The van der Waals surface area contributed by atoms with E-state index < -0.39 is 0 Å². The van der Waals surface area contributed by atoms with E-state index in [1.807, 2.05) is 49.4 Å². The molecule has 2 aromatic carbocycles. The number of carbonyl (C=O) groups is 1. The van der Waals surface area contributed by atoms with Crippen molar-refractivity contribution in [1.29, 1.82) is 0 Å². The lowest BCUT2D eigenvalue weighted by molar-refractivity contribution is -0.119. The summed E-state index contributed by atoms with van der Waals surface area (Å²) in [5, 5.41) is 6.55. The first-order chi connectivity index (χ1) is 11.5. The summed E-state index contributed by atoms with van der Waals surface area (Å²) in [7, 11) is 0. The van der Waals surface area contributed by atoms with Gasteiger partial charge in [-0.05, 0) is 48.4 Å². The van der Waals surface area contributed by atoms with Gasteiger partial charge in [-0.25, -0.2) is 0 Å². The second kappa shape index (κ2) is 8.99. The van der Waals surface area contributed by atoms with Crippen molar-refractivity contribution in [1.82, 2.24) is 5.32 Å². The third-order valence-corrected chi connectivity index (χ3v) is 3.60. The van der Waals surface area contributed by atoms with Crippen molar-refractivity contribution in [3.63, 3.8) is 0 Å². The van der Waals surface area contributed by atoms with Gasteiger partial charge in [0.15, 0.2) is 0 Å². The molecule has 0 atom stereocenters. The Kier molecular flexibility index (Phi) is 6.70. The maximum absolute atomic E-state index is 11.9. The zero-order chi connectivity index (χ0) is 17.4.